The summed E-state index contributed by atoms with van der Waals surface area (Å²) >= 11 is 0. The quantitative estimate of drug-likeness (QED) is 0.0406. The third kappa shape index (κ3) is 14.4. The molecule has 1 aromatic rings. The molecule has 0 aliphatic carbocycles. The van der Waals surface area contributed by atoms with Crippen LogP contribution in [0.4, 0.5) is 0 Å². The Morgan fingerprint density at radius 1 is 0.900 bits per heavy atom. The molecule has 0 unspecified atom stereocenters. The van der Waals surface area contributed by atoms with Crippen LogP contribution in [0.15, 0.2) is 29.3 Å². The van der Waals surface area contributed by atoms with E-state index in [2.05, 4.69) is 31.6 Å². The van der Waals surface area contributed by atoms with Crippen LogP contribution < -0.4 is 43.8 Å². The number of amides is 7. The van der Waals surface area contributed by atoms with Gasteiger partial charge in [-0.15, -0.1) is 0 Å². The van der Waals surface area contributed by atoms with Crippen molar-refractivity contribution in [1.82, 2.24) is 31.5 Å². The van der Waals surface area contributed by atoms with Crippen LogP contribution in [0.25, 0.3) is 0 Å². The first-order chi connectivity index (χ1) is 23.6. The molecule has 12 N–H and O–H groups in total. The van der Waals surface area contributed by atoms with Crippen molar-refractivity contribution in [2.45, 2.75) is 83.5 Å². The molecule has 0 radical (unpaired) electrons. The van der Waals surface area contributed by atoms with Crippen molar-refractivity contribution in [3.05, 3.63) is 29.8 Å². The Balaban J connectivity index is 2.15. The van der Waals surface area contributed by atoms with Gasteiger partial charge in [0.05, 0.1) is 13.1 Å². The molecule has 1 saturated heterocycles. The maximum Gasteiger partial charge on any atom is 0.245 e. The number of hydrogen-bond acceptors (Lipinski definition) is 9. The van der Waals surface area contributed by atoms with E-state index in [-0.39, 0.29) is 56.5 Å². The predicted molar refractivity (Wildman–Crippen MR) is 183 cm³/mol. The van der Waals surface area contributed by atoms with Gasteiger partial charge in [0.25, 0.3) is 0 Å². The van der Waals surface area contributed by atoms with E-state index in [9.17, 15) is 38.7 Å². The van der Waals surface area contributed by atoms with Crippen LogP contribution in [-0.2, 0) is 40.0 Å². The molecule has 4 atom stereocenters. The highest BCUT2D eigenvalue weighted by atomic mass is 16.3. The number of carbonyl (C=O) groups is 7. The summed E-state index contributed by atoms with van der Waals surface area (Å²) in [6, 6.07) is 2.00. The number of benzene rings is 1. The third-order valence-corrected chi connectivity index (χ3v) is 7.69. The molecule has 18 nitrogen and oxygen atoms in total. The Bertz CT molecular complexity index is 1400. The van der Waals surface area contributed by atoms with E-state index in [1.54, 1.807) is 12.1 Å². The van der Waals surface area contributed by atoms with Crippen molar-refractivity contribution in [1.29, 1.82) is 0 Å². The smallest absolute Gasteiger partial charge is 0.245 e. The maximum atomic E-state index is 13.8. The molecule has 1 fully saturated rings. The van der Waals surface area contributed by atoms with Crippen LogP contribution in [0.1, 0.15) is 58.4 Å². The summed E-state index contributed by atoms with van der Waals surface area (Å²) in [4.78, 5) is 94.3. The molecule has 1 aliphatic rings. The van der Waals surface area contributed by atoms with Gasteiger partial charge >= 0.3 is 0 Å². The number of likely N-dealkylation sites (tertiary alicyclic amines) is 1. The fourth-order valence-electron chi connectivity index (χ4n) is 5.39. The first kappa shape index (κ1) is 40.8. The minimum absolute atomic E-state index is 0.0391. The second kappa shape index (κ2) is 20.2. The molecule has 0 saturated carbocycles. The number of nitrogens with zero attached hydrogens (tertiary/aromatic N) is 2. The molecule has 276 valence electrons. The van der Waals surface area contributed by atoms with Crippen molar-refractivity contribution < 1.29 is 38.7 Å². The van der Waals surface area contributed by atoms with Gasteiger partial charge in [-0.2, -0.15) is 0 Å². The number of aromatic hydroxyl groups is 1. The van der Waals surface area contributed by atoms with Crippen LogP contribution in [0.5, 0.6) is 5.75 Å². The minimum atomic E-state index is -1.11. The Morgan fingerprint density at radius 2 is 1.58 bits per heavy atom. The van der Waals surface area contributed by atoms with E-state index in [1.807, 2.05) is 13.8 Å². The van der Waals surface area contributed by atoms with E-state index in [0.717, 1.165) is 0 Å². The number of nitrogens with one attached hydrogen (secondary N) is 5. The molecule has 0 spiro atoms. The number of aliphatic imine (C=N–C) groups is 1. The zero-order chi connectivity index (χ0) is 37.4. The van der Waals surface area contributed by atoms with Gasteiger partial charge in [0.15, 0.2) is 5.96 Å². The Kier molecular flexibility index (Phi) is 16.4. The summed E-state index contributed by atoms with van der Waals surface area (Å²) in [5, 5.41) is 22.3. The zero-order valence-electron chi connectivity index (χ0n) is 28.7. The molecule has 1 heterocycles. The molecule has 1 aromatic carbocycles. The molecule has 0 aromatic heterocycles. The number of hydrogen-bond donors (Lipinski definition) is 9. The van der Waals surface area contributed by atoms with Gasteiger partial charge in [0, 0.05) is 26.4 Å². The van der Waals surface area contributed by atoms with Gasteiger partial charge in [-0.3, -0.25) is 38.6 Å². The first-order valence-electron chi connectivity index (χ1n) is 16.4. The SMILES string of the molecule is CC(=O)N[C@@H](Cc1ccc(O)cc1)C(=O)NCC(=O)N[C@@H](CC(C)C)C(=O)N[C@@H](CCCN=C(N)N)C(=O)N1CCC[C@H]1C(=O)NCC(N)=O. The van der Waals surface area contributed by atoms with Crippen LogP contribution in [-0.4, -0.2) is 108 Å². The largest absolute Gasteiger partial charge is 0.508 e. The summed E-state index contributed by atoms with van der Waals surface area (Å²) in [5.41, 5.74) is 16.6. The summed E-state index contributed by atoms with van der Waals surface area (Å²) in [5.74, 6) is -4.43. The molecular weight excluding hydrogens is 652 g/mol. The Labute approximate surface area is 290 Å². The van der Waals surface area contributed by atoms with Gasteiger partial charge in [-0.25, -0.2) is 0 Å². The molecule has 2 rings (SSSR count). The average Bonchev–Trinajstić information content (AvgIpc) is 3.53. The van der Waals surface area contributed by atoms with Crippen molar-refractivity contribution in [3.8, 4) is 5.75 Å². The topological polar surface area (TPSA) is 294 Å². The average molecular weight is 703 g/mol. The first-order valence-corrected chi connectivity index (χ1v) is 16.4. The van der Waals surface area contributed by atoms with Gasteiger partial charge < -0.3 is 53.8 Å². The van der Waals surface area contributed by atoms with Gasteiger partial charge in [0.2, 0.25) is 41.4 Å². The third-order valence-electron chi connectivity index (χ3n) is 7.69. The summed E-state index contributed by atoms with van der Waals surface area (Å²) in [7, 11) is 0. The number of primary amides is 1. The summed E-state index contributed by atoms with van der Waals surface area (Å²) in [6.07, 6.45) is 1.56. The summed E-state index contributed by atoms with van der Waals surface area (Å²) in [6.45, 7) is 4.44. The van der Waals surface area contributed by atoms with Crippen molar-refractivity contribution in [2.75, 3.05) is 26.2 Å². The number of guanidine groups is 1. The number of carbonyl (C=O) groups excluding carboxylic acids is 7. The van der Waals surface area contributed by atoms with E-state index >= 15 is 0 Å². The second-order valence-corrected chi connectivity index (χ2v) is 12.5. The van der Waals surface area contributed by atoms with E-state index in [1.165, 1.54) is 24.0 Å². The lowest BCUT2D eigenvalue weighted by molar-refractivity contribution is -0.142. The highest BCUT2D eigenvalue weighted by molar-refractivity contribution is 5.96. The molecule has 1 aliphatic heterocycles. The zero-order valence-corrected chi connectivity index (χ0v) is 28.7. The van der Waals surface area contributed by atoms with Crippen LogP contribution in [0.2, 0.25) is 0 Å². The van der Waals surface area contributed by atoms with E-state index < -0.39 is 72.1 Å². The highest BCUT2D eigenvalue weighted by Crippen LogP contribution is 2.20. The fraction of sp³-hybridized carbons (Fsp3) is 0.562. The molecule has 50 heavy (non-hydrogen) atoms. The Morgan fingerprint density at radius 3 is 2.18 bits per heavy atom. The van der Waals surface area contributed by atoms with Crippen molar-refractivity contribution in [3.63, 3.8) is 0 Å². The minimum Gasteiger partial charge on any atom is -0.508 e. The molecule has 7 amide bonds. The predicted octanol–water partition coefficient (Wildman–Crippen LogP) is -2.78. The molecule has 0 bridgehead atoms. The lowest BCUT2D eigenvalue weighted by Gasteiger charge is -2.30. The number of nitrogens with two attached hydrogens (primary N) is 3. The van der Waals surface area contributed by atoms with Gasteiger partial charge in [-0.1, -0.05) is 26.0 Å². The van der Waals surface area contributed by atoms with Crippen LogP contribution in [0, 0.1) is 5.92 Å². The number of phenols is 1. The number of rotatable bonds is 19. The standard InChI is InChI=1S/C32H50N10O8/c1-18(2)14-23(40-27(46)17-38-28(47)24(39-19(3)43)15-20-8-10-21(44)11-9-20)29(48)41-22(6-4-12-36-32(34)35)31(50)42-13-5-7-25(42)30(49)37-16-26(33)45/h8-11,18,22-25,44H,4-7,12-17H2,1-3H3,(H2,33,45)(H,37,49)(H,38,47)(H,39,43)(H,40,46)(H,41,48)(H4,34,35,36)/t22-,23-,24-,25-/m0/s1. The molecular formula is C32H50N10O8. The number of phenolic OH excluding ortho intramolecular Hbond substituents is 1. The van der Waals surface area contributed by atoms with Gasteiger partial charge in [0.1, 0.15) is 29.9 Å². The summed E-state index contributed by atoms with van der Waals surface area (Å²) < 4.78 is 0. The van der Waals surface area contributed by atoms with Crippen LogP contribution >= 0.6 is 0 Å². The lowest BCUT2D eigenvalue weighted by Crippen LogP contribution is -2.57. The fourth-order valence-corrected chi connectivity index (χ4v) is 5.39. The van der Waals surface area contributed by atoms with E-state index in [4.69, 9.17) is 17.2 Å². The monoisotopic (exact) mass is 702 g/mol. The normalized spacial score (nSPS) is 15.6. The maximum absolute atomic E-state index is 13.8. The van der Waals surface area contributed by atoms with Gasteiger partial charge in [-0.05, 0) is 55.7 Å². The van der Waals surface area contributed by atoms with Crippen molar-refractivity contribution in [2.24, 2.45) is 28.1 Å². The molecule has 18 heteroatoms. The second-order valence-electron chi connectivity index (χ2n) is 12.5. The lowest BCUT2D eigenvalue weighted by atomic mass is 10.0. The van der Waals surface area contributed by atoms with Crippen molar-refractivity contribution >= 4 is 47.3 Å². The van der Waals surface area contributed by atoms with Crippen LogP contribution in [0.3, 0.4) is 0 Å². The Hall–Kier alpha value is -5.42. The highest BCUT2D eigenvalue weighted by Gasteiger charge is 2.38. The van der Waals surface area contributed by atoms with E-state index in [0.29, 0.717) is 24.8 Å².